The van der Waals surface area contributed by atoms with Gasteiger partial charge in [0.1, 0.15) is 0 Å². The summed E-state index contributed by atoms with van der Waals surface area (Å²) in [6.45, 7) is 0. The van der Waals surface area contributed by atoms with Crippen LogP contribution in [0.4, 0.5) is 0 Å². The lowest BCUT2D eigenvalue weighted by Gasteiger charge is -2.17. The molecule has 17 heavy (non-hydrogen) atoms. The second-order valence-electron chi connectivity index (χ2n) is 4.89. The maximum Gasteiger partial charge on any atom is 0.237 e. The smallest absolute Gasteiger partial charge is 0.211 e. The van der Waals surface area contributed by atoms with Gasteiger partial charge in [-0.05, 0) is 49.9 Å². The first kappa shape index (κ1) is 12.0. The van der Waals surface area contributed by atoms with E-state index < -0.39 is 6.17 Å². The predicted octanol–water partition coefficient (Wildman–Crippen LogP) is 2.37. The van der Waals surface area contributed by atoms with Gasteiger partial charge in [-0.25, -0.2) is 9.59 Å². The number of fused-ring (bicyclic) bond motifs is 2. The summed E-state index contributed by atoms with van der Waals surface area (Å²) in [6.07, 6.45) is 12.3. The molecule has 0 aliphatic heterocycles. The molecule has 1 fully saturated rings. The summed E-state index contributed by atoms with van der Waals surface area (Å²) in [4.78, 5) is 27.2. The Labute approximate surface area is 101 Å². The van der Waals surface area contributed by atoms with Gasteiger partial charge in [0.15, 0.2) is 6.17 Å². The Morgan fingerprint density at radius 2 is 1.94 bits per heavy atom. The number of allylic oxidation sites excluding steroid dienone is 2. The van der Waals surface area contributed by atoms with E-state index >= 15 is 0 Å². The highest BCUT2D eigenvalue weighted by molar-refractivity contribution is 5.36. The van der Waals surface area contributed by atoms with Gasteiger partial charge < -0.3 is 0 Å². The average molecular weight is 232 g/mol. The molecule has 3 unspecified atom stereocenters. The fourth-order valence-corrected chi connectivity index (χ4v) is 3.07. The van der Waals surface area contributed by atoms with Crippen molar-refractivity contribution in [1.29, 1.82) is 0 Å². The first-order valence-electron chi connectivity index (χ1n) is 6.15. The summed E-state index contributed by atoms with van der Waals surface area (Å²) in [7, 11) is 0. The zero-order valence-corrected chi connectivity index (χ0v) is 9.71. The Hall–Kier alpha value is -1.50. The van der Waals surface area contributed by atoms with Crippen molar-refractivity contribution >= 4 is 12.2 Å². The number of carbonyl (C=O) groups excluding carboxylic acids is 2. The Balaban J connectivity index is 1.73. The molecular weight excluding hydrogens is 216 g/mol. The molecule has 2 rings (SSSR count). The molecule has 0 N–H and O–H groups in total. The van der Waals surface area contributed by atoms with Crippen molar-refractivity contribution in [3.05, 3.63) is 12.2 Å². The van der Waals surface area contributed by atoms with Gasteiger partial charge in [-0.1, -0.05) is 12.2 Å². The summed E-state index contributed by atoms with van der Waals surface area (Å²) >= 11 is 0. The second-order valence-corrected chi connectivity index (χ2v) is 4.89. The van der Waals surface area contributed by atoms with Gasteiger partial charge >= 0.3 is 0 Å². The first-order chi connectivity index (χ1) is 8.33. The molecule has 0 aromatic heterocycles. The fourth-order valence-electron chi connectivity index (χ4n) is 3.07. The minimum Gasteiger partial charge on any atom is -0.211 e. The highest BCUT2D eigenvalue weighted by atomic mass is 16.1. The monoisotopic (exact) mass is 232 g/mol. The third kappa shape index (κ3) is 3.00. The Morgan fingerprint density at radius 1 is 1.18 bits per heavy atom. The molecule has 0 amide bonds. The molecule has 3 atom stereocenters. The minimum absolute atomic E-state index is 0.570. The zero-order valence-electron chi connectivity index (χ0n) is 9.71. The van der Waals surface area contributed by atoms with E-state index in [9.17, 15) is 9.59 Å². The van der Waals surface area contributed by atoms with Gasteiger partial charge in [0.2, 0.25) is 12.2 Å². The van der Waals surface area contributed by atoms with Crippen LogP contribution in [0.15, 0.2) is 22.1 Å². The van der Waals surface area contributed by atoms with Crippen molar-refractivity contribution in [2.24, 2.45) is 27.7 Å². The third-order valence-electron chi connectivity index (χ3n) is 3.86. The topological polar surface area (TPSA) is 58.9 Å². The molecule has 0 heterocycles. The summed E-state index contributed by atoms with van der Waals surface area (Å²) < 4.78 is 0. The number of hydrogen-bond acceptors (Lipinski definition) is 4. The van der Waals surface area contributed by atoms with Crippen molar-refractivity contribution in [2.45, 2.75) is 38.3 Å². The Kier molecular flexibility index (Phi) is 4.03. The molecule has 2 aliphatic rings. The van der Waals surface area contributed by atoms with E-state index in [0.717, 1.165) is 30.6 Å². The van der Waals surface area contributed by atoms with Crippen molar-refractivity contribution in [3.8, 4) is 0 Å². The maximum absolute atomic E-state index is 10.1. The predicted molar refractivity (Wildman–Crippen MR) is 62.7 cm³/mol. The molecule has 4 nitrogen and oxygen atoms in total. The second kappa shape index (κ2) is 5.72. The van der Waals surface area contributed by atoms with Gasteiger partial charge in [-0.15, -0.1) is 0 Å². The van der Waals surface area contributed by atoms with Crippen LogP contribution < -0.4 is 0 Å². The molecule has 2 bridgehead atoms. The van der Waals surface area contributed by atoms with Crippen LogP contribution in [0.25, 0.3) is 0 Å². The molecule has 0 aromatic carbocycles. The van der Waals surface area contributed by atoms with Crippen LogP contribution >= 0.6 is 0 Å². The van der Waals surface area contributed by atoms with E-state index in [2.05, 4.69) is 22.1 Å². The van der Waals surface area contributed by atoms with Gasteiger partial charge in [0.25, 0.3) is 0 Å². The van der Waals surface area contributed by atoms with Gasteiger partial charge in [-0.2, -0.15) is 9.98 Å². The van der Waals surface area contributed by atoms with Crippen LogP contribution in [0.5, 0.6) is 0 Å². The number of rotatable bonds is 6. The average Bonchev–Trinajstić information content (AvgIpc) is 2.91. The standard InChI is InChI=1S/C13H16N2O2/c16-8-14-13(15-9-17)3-1-2-11-6-10-4-5-12(11)7-10/h4-5,10-13H,1-3,6-7H2. The van der Waals surface area contributed by atoms with Gasteiger partial charge in [-0.3, -0.25) is 0 Å². The SMILES string of the molecule is O=C=NC(CCCC1CC2C=CC1C2)N=C=O. The maximum atomic E-state index is 10.1. The molecule has 0 radical (unpaired) electrons. The molecule has 0 spiro atoms. The first-order valence-corrected chi connectivity index (χ1v) is 6.15. The normalized spacial score (nSPS) is 30.7. The molecule has 0 saturated heterocycles. The van der Waals surface area contributed by atoms with E-state index in [-0.39, 0.29) is 0 Å². The summed E-state index contributed by atoms with van der Waals surface area (Å²) in [5, 5.41) is 0. The number of isocyanates is 2. The van der Waals surface area contributed by atoms with Crippen molar-refractivity contribution in [3.63, 3.8) is 0 Å². The van der Waals surface area contributed by atoms with E-state index in [1.807, 2.05) is 0 Å². The lowest BCUT2D eigenvalue weighted by molar-refractivity contribution is 0.390. The number of hydrogen-bond donors (Lipinski definition) is 0. The summed E-state index contributed by atoms with van der Waals surface area (Å²) in [5.74, 6) is 2.32. The molecule has 4 heteroatoms. The molecular formula is C13H16N2O2. The number of aliphatic imine (C=N–C) groups is 2. The van der Waals surface area contributed by atoms with Crippen LogP contribution in [0.2, 0.25) is 0 Å². The Morgan fingerprint density at radius 3 is 2.47 bits per heavy atom. The zero-order chi connectivity index (χ0) is 12.1. The van der Waals surface area contributed by atoms with Crippen LogP contribution in [0.3, 0.4) is 0 Å². The van der Waals surface area contributed by atoms with Crippen LogP contribution in [0.1, 0.15) is 32.1 Å². The van der Waals surface area contributed by atoms with E-state index in [1.54, 1.807) is 0 Å². The highest BCUT2D eigenvalue weighted by Gasteiger charge is 2.34. The van der Waals surface area contributed by atoms with Crippen molar-refractivity contribution in [2.75, 3.05) is 0 Å². The van der Waals surface area contributed by atoms with Crippen molar-refractivity contribution in [1.82, 2.24) is 0 Å². The van der Waals surface area contributed by atoms with Crippen LogP contribution in [0, 0.1) is 17.8 Å². The van der Waals surface area contributed by atoms with Gasteiger partial charge in [0, 0.05) is 0 Å². The highest BCUT2D eigenvalue weighted by Crippen LogP contribution is 2.45. The van der Waals surface area contributed by atoms with E-state index in [4.69, 9.17) is 0 Å². The van der Waals surface area contributed by atoms with Crippen LogP contribution in [-0.2, 0) is 9.59 Å². The number of nitrogens with zero attached hydrogens (tertiary/aromatic N) is 2. The van der Waals surface area contributed by atoms with E-state index in [1.165, 1.54) is 25.0 Å². The molecule has 90 valence electrons. The fraction of sp³-hybridized carbons (Fsp3) is 0.692. The largest absolute Gasteiger partial charge is 0.237 e. The van der Waals surface area contributed by atoms with Gasteiger partial charge in [0.05, 0.1) is 0 Å². The Bertz CT molecular complexity index is 374. The van der Waals surface area contributed by atoms with Crippen molar-refractivity contribution < 1.29 is 9.59 Å². The third-order valence-corrected chi connectivity index (χ3v) is 3.86. The lowest BCUT2D eigenvalue weighted by Crippen LogP contribution is -2.08. The van der Waals surface area contributed by atoms with Crippen LogP contribution in [-0.4, -0.2) is 18.3 Å². The molecule has 2 aliphatic carbocycles. The summed E-state index contributed by atoms with van der Waals surface area (Å²) in [5.41, 5.74) is 0. The molecule has 0 aromatic rings. The molecule has 1 saturated carbocycles. The minimum atomic E-state index is -0.570. The van der Waals surface area contributed by atoms with E-state index in [0.29, 0.717) is 6.42 Å². The summed E-state index contributed by atoms with van der Waals surface area (Å²) in [6, 6.07) is 0. The lowest BCUT2D eigenvalue weighted by atomic mass is 9.89. The quantitative estimate of drug-likeness (QED) is 0.401.